The molecule has 0 unspecified atom stereocenters. The zero-order valence-corrected chi connectivity index (χ0v) is 16.9. The predicted molar refractivity (Wildman–Crippen MR) is 114 cm³/mol. The predicted octanol–water partition coefficient (Wildman–Crippen LogP) is 4.80. The van der Waals surface area contributed by atoms with Gasteiger partial charge in [0.2, 0.25) is 0 Å². The van der Waals surface area contributed by atoms with Gasteiger partial charge in [0.05, 0.1) is 5.56 Å². The molecule has 0 bridgehead atoms. The second-order valence-electron chi connectivity index (χ2n) is 6.44. The lowest BCUT2D eigenvalue weighted by atomic mass is 9.98. The number of alkyl halides is 1. The summed E-state index contributed by atoms with van der Waals surface area (Å²) in [5, 5.41) is 22.7. The van der Waals surface area contributed by atoms with Gasteiger partial charge in [-0.1, -0.05) is 64.0 Å². The summed E-state index contributed by atoms with van der Waals surface area (Å²) in [5.41, 5.74) is 4.86. The normalized spacial score (nSPS) is 13.9. The molecule has 0 radical (unpaired) electrons. The van der Waals surface area contributed by atoms with Crippen molar-refractivity contribution in [1.29, 1.82) is 0 Å². The minimum atomic E-state index is -0.983. The minimum Gasteiger partial charge on any atom is -0.478 e. The summed E-state index contributed by atoms with van der Waals surface area (Å²) in [6, 6.07) is 15.1. The van der Waals surface area contributed by atoms with E-state index in [0.29, 0.717) is 18.7 Å². The largest absolute Gasteiger partial charge is 0.478 e. The highest BCUT2D eigenvalue weighted by Crippen LogP contribution is 2.29. The highest BCUT2D eigenvalue weighted by Gasteiger charge is 2.16. The number of carboxylic acid groups (broad SMARTS) is 1. The van der Waals surface area contributed by atoms with Crippen molar-refractivity contribution in [3.05, 3.63) is 77.1 Å². The Morgan fingerprint density at radius 2 is 1.89 bits per heavy atom. The maximum absolute atomic E-state index is 11.7. The van der Waals surface area contributed by atoms with Crippen molar-refractivity contribution in [2.75, 3.05) is 24.0 Å². The van der Waals surface area contributed by atoms with Crippen molar-refractivity contribution in [1.82, 2.24) is 0 Å². The van der Waals surface area contributed by atoms with Gasteiger partial charge in [0.1, 0.15) is 5.76 Å². The number of hydrogen-bond acceptors (Lipinski definition) is 4. The number of ether oxygens (including phenoxy) is 1. The number of nitrogens with one attached hydrogen (secondary N) is 1. The molecule has 0 atom stereocenters. The highest BCUT2D eigenvalue weighted by molar-refractivity contribution is 9.09. The number of benzene rings is 2. The Labute approximate surface area is 172 Å². The van der Waals surface area contributed by atoms with Gasteiger partial charge in [-0.05, 0) is 29.7 Å². The van der Waals surface area contributed by atoms with E-state index in [1.807, 2.05) is 48.5 Å². The zero-order valence-electron chi connectivity index (χ0n) is 15.3. The molecule has 1 aliphatic rings. The molecule has 3 N–H and O–H groups in total. The van der Waals surface area contributed by atoms with Crippen molar-refractivity contribution < 1.29 is 19.7 Å². The number of anilines is 1. The van der Waals surface area contributed by atoms with Crippen LogP contribution in [0.1, 0.15) is 23.2 Å². The van der Waals surface area contributed by atoms with Crippen molar-refractivity contribution in [3.8, 4) is 11.1 Å². The average molecular weight is 444 g/mol. The second-order valence-corrected chi connectivity index (χ2v) is 7.00. The van der Waals surface area contributed by atoms with E-state index in [9.17, 15) is 9.90 Å². The van der Waals surface area contributed by atoms with Crippen LogP contribution in [0.5, 0.6) is 0 Å². The van der Waals surface area contributed by atoms with E-state index in [2.05, 4.69) is 21.2 Å². The van der Waals surface area contributed by atoms with Crippen molar-refractivity contribution >= 4 is 27.6 Å². The molecule has 0 amide bonds. The molecule has 6 heteroatoms. The molecule has 0 fully saturated rings. The summed E-state index contributed by atoms with van der Waals surface area (Å²) in [5.74, 6) is -0.251. The lowest BCUT2D eigenvalue weighted by Gasteiger charge is -2.20. The van der Waals surface area contributed by atoms with Crippen LogP contribution < -0.4 is 5.32 Å². The Morgan fingerprint density at radius 3 is 2.57 bits per heavy atom. The van der Waals surface area contributed by atoms with E-state index >= 15 is 0 Å². The van der Waals surface area contributed by atoms with E-state index in [-0.39, 0.29) is 12.4 Å². The molecule has 0 spiro atoms. The molecule has 2 aromatic carbocycles. The Hall–Kier alpha value is -2.57. The number of allylic oxidation sites excluding steroid dienone is 2. The molecule has 0 saturated heterocycles. The first-order chi connectivity index (χ1) is 13.6. The zero-order chi connectivity index (χ0) is 19.9. The molecule has 0 heterocycles. The molecule has 0 saturated carbocycles. The molecule has 0 aliphatic heterocycles. The van der Waals surface area contributed by atoms with Crippen molar-refractivity contribution in [3.63, 3.8) is 0 Å². The van der Waals surface area contributed by atoms with Crippen molar-refractivity contribution in [2.24, 2.45) is 0 Å². The number of aromatic carboxylic acids is 1. The van der Waals surface area contributed by atoms with Crippen LogP contribution in [0.15, 0.2) is 71.5 Å². The summed E-state index contributed by atoms with van der Waals surface area (Å²) in [6.45, 7) is 0.0323. The van der Waals surface area contributed by atoms with Gasteiger partial charge in [-0.25, -0.2) is 4.79 Å². The first-order valence-corrected chi connectivity index (χ1v) is 10.1. The summed E-state index contributed by atoms with van der Waals surface area (Å²) in [6.07, 6.45) is 3.62. The fourth-order valence-electron chi connectivity index (χ4n) is 3.21. The van der Waals surface area contributed by atoms with Gasteiger partial charge < -0.3 is 20.3 Å². The number of hydrogen-bond donors (Lipinski definition) is 3. The fourth-order valence-corrected chi connectivity index (χ4v) is 3.65. The van der Waals surface area contributed by atoms with E-state index in [1.165, 1.54) is 5.57 Å². The first-order valence-electron chi connectivity index (χ1n) is 9.00. The molecule has 2 aromatic rings. The summed E-state index contributed by atoms with van der Waals surface area (Å²) < 4.78 is 5.37. The molecule has 5 nitrogen and oxygen atoms in total. The average Bonchev–Trinajstić information content (AvgIpc) is 2.73. The fraction of sp³-hybridized carbons (Fsp3) is 0.227. The lowest BCUT2D eigenvalue weighted by Crippen LogP contribution is -2.14. The van der Waals surface area contributed by atoms with Crippen LogP contribution in [0.25, 0.3) is 11.1 Å². The van der Waals surface area contributed by atoms with Gasteiger partial charge in [0, 0.05) is 29.6 Å². The van der Waals surface area contributed by atoms with Gasteiger partial charge in [-0.15, -0.1) is 0 Å². The van der Waals surface area contributed by atoms with Crippen LogP contribution in [0, 0.1) is 0 Å². The Kier molecular flexibility index (Phi) is 6.90. The van der Waals surface area contributed by atoms with Crippen LogP contribution in [-0.4, -0.2) is 34.9 Å². The number of rotatable bonds is 8. The molecule has 3 rings (SSSR count). The molecule has 1 aliphatic carbocycles. The minimum absolute atomic E-state index is 0.213. The third-order valence-electron chi connectivity index (χ3n) is 4.65. The summed E-state index contributed by atoms with van der Waals surface area (Å²) >= 11 is 3.48. The van der Waals surface area contributed by atoms with Gasteiger partial charge in [-0.3, -0.25) is 0 Å². The summed E-state index contributed by atoms with van der Waals surface area (Å²) in [4.78, 5) is 11.7. The third-order valence-corrected chi connectivity index (χ3v) is 5.37. The first kappa shape index (κ1) is 20.2. The molecule has 28 heavy (non-hydrogen) atoms. The smallest absolute Gasteiger partial charge is 0.337 e. The van der Waals surface area contributed by atoms with Crippen LogP contribution in [0.4, 0.5) is 5.69 Å². The van der Waals surface area contributed by atoms with Gasteiger partial charge in [-0.2, -0.15) is 0 Å². The monoisotopic (exact) mass is 443 g/mol. The number of aliphatic hydroxyl groups is 1. The van der Waals surface area contributed by atoms with E-state index in [4.69, 9.17) is 9.84 Å². The van der Waals surface area contributed by atoms with Crippen LogP contribution in [0.3, 0.4) is 0 Å². The van der Waals surface area contributed by atoms with Crippen LogP contribution in [-0.2, 0) is 4.74 Å². The van der Waals surface area contributed by atoms with E-state index < -0.39 is 5.97 Å². The Bertz CT molecular complexity index is 906. The standard InChI is InChI=1S/C22H22BrNO4/c23-12-15-6-9-21(28-14-25)18(10-15)13-24-20-11-17(7-8-19(20)22(26)27)16-4-2-1-3-5-16/h1-5,7-8,10-11,24-25H,6,9,12-14H2,(H,26,27). The third kappa shape index (κ3) is 4.82. The van der Waals surface area contributed by atoms with Gasteiger partial charge in [0.25, 0.3) is 0 Å². The quantitative estimate of drug-likeness (QED) is 0.403. The number of halogens is 1. The maximum atomic E-state index is 11.7. The maximum Gasteiger partial charge on any atom is 0.337 e. The van der Waals surface area contributed by atoms with Crippen LogP contribution >= 0.6 is 15.9 Å². The number of aliphatic hydroxyl groups excluding tert-OH is 1. The number of carbonyl (C=O) groups is 1. The van der Waals surface area contributed by atoms with Gasteiger partial charge >= 0.3 is 5.97 Å². The Balaban J connectivity index is 1.89. The molecule has 146 valence electrons. The topological polar surface area (TPSA) is 78.8 Å². The van der Waals surface area contributed by atoms with E-state index in [0.717, 1.165) is 34.2 Å². The lowest BCUT2D eigenvalue weighted by molar-refractivity contribution is 0.0365. The van der Waals surface area contributed by atoms with Gasteiger partial charge in [0.15, 0.2) is 6.79 Å². The SMILES string of the molecule is O=C(O)c1ccc(-c2ccccc2)cc1NCC1=C(OCO)CCC(CBr)=C1. The summed E-state index contributed by atoms with van der Waals surface area (Å²) in [7, 11) is 0. The van der Waals surface area contributed by atoms with Crippen molar-refractivity contribution in [2.45, 2.75) is 12.8 Å². The molecular weight excluding hydrogens is 422 g/mol. The van der Waals surface area contributed by atoms with Crippen LogP contribution in [0.2, 0.25) is 0 Å². The number of carboxylic acids is 1. The molecule has 0 aromatic heterocycles. The Morgan fingerprint density at radius 1 is 1.11 bits per heavy atom. The highest BCUT2D eigenvalue weighted by atomic mass is 79.9. The molecular formula is C22H22BrNO4. The second kappa shape index (κ2) is 9.57. The van der Waals surface area contributed by atoms with E-state index in [1.54, 1.807) is 6.07 Å².